The molecule has 1 aliphatic rings. The molecule has 1 atom stereocenters. The van der Waals surface area contributed by atoms with Gasteiger partial charge in [0.15, 0.2) is 0 Å². The summed E-state index contributed by atoms with van der Waals surface area (Å²) in [4.78, 5) is 36.6. The maximum atomic E-state index is 12.9. The highest BCUT2D eigenvalue weighted by molar-refractivity contribution is 6.19. The smallest absolute Gasteiger partial charge is 0.330 e. The van der Waals surface area contributed by atoms with Crippen molar-refractivity contribution in [2.75, 3.05) is 20.3 Å². The topological polar surface area (TPSA) is 75.7 Å². The molecule has 0 bridgehead atoms. The summed E-state index contributed by atoms with van der Waals surface area (Å²) in [6, 6.07) is 4.25. The van der Waals surface area contributed by atoms with E-state index in [1.807, 2.05) is 0 Å². The Morgan fingerprint density at radius 1 is 1.25 bits per heavy atom. The second kappa shape index (κ2) is 5.79. The largest absolute Gasteiger partial charge is 0.383 e. The van der Waals surface area contributed by atoms with Crippen LogP contribution in [0.15, 0.2) is 24.3 Å². The van der Waals surface area contributed by atoms with E-state index < -0.39 is 29.6 Å². The molecule has 1 saturated heterocycles. The number of methoxy groups -OCH3 is 1. The summed E-state index contributed by atoms with van der Waals surface area (Å²) >= 11 is 0. The van der Waals surface area contributed by atoms with Crippen molar-refractivity contribution in [1.29, 1.82) is 0 Å². The van der Waals surface area contributed by atoms with Crippen LogP contribution in [0.3, 0.4) is 0 Å². The molecule has 1 fully saturated rings. The molecule has 0 saturated carbocycles. The van der Waals surface area contributed by atoms with Crippen LogP contribution in [-0.4, -0.2) is 43.0 Å². The molecule has 6 nitrogen and oxygen atoms in total. The number of hydrogen-bond donors (Lipinski definition) is 1. The predicted molar refractivity (Wildman–Crippen MR) is 66.3 cm³/mol. The second-order valence-electron chi connectivity index (χ2n) is 4.26. The minimum absolute atomic E-state index is 0.0478. The Bertz CT molecular complexity index is 544. The summed E-state index contributed by atoms with van der Waals surface area (Å²) in [6.45, 7) is 0.218. The van der Waals surface area contributed by atoms with Gasteiger partial charge in [-0.1, -0.05) is 12.1 Å². The zero-order valence-electron chi connectivity index (χ0n) is 10.8. The monoisotopic (exact) mass is 280 g/mol. The van der Waals surface area contributed by atoms with Crippen LogP contribution in [0, 0.1) is 5.82 Å². The van der Waals surface area contributed by atoms with Crippen LogP contribution < -0.4 is 5.32 Å². The van der Waals surface area contributed by atoms with E-state index in [9.17, 15) is 18.8 Å². The second-order valence-corrected chi connectivity index (χ2v) is 4.26. The molecular weight excluding hydrogens is 267 g/mol. The molecule has 106 valence electrons. The van der Waals surface area contributed by atoms with E-state index in [0.717, 1.165) is 17.0 Å². The zero-order valence-corrected chi connectivity index (χ0v) is 10.8. The molecule has 7 heteroatoms. The first-order valence-electron chi connectivity index (χ1n) is 5.95. The van der Waals surface area contributed by atoms with Gasteiger partial charge in [0.25, 0.3) is 0 Å². The van der Waals surface area contributed by atoms with E-state index in [2.05, 4.69) is 5.32 Å². The molecule has 1 aromatic rings. The van der Waals surface area contributed by atoms with E-state index in [4.69, 9.17) is 4.74 Å². The van der Waals surface area contributed by atoms with Gasteiger partial charge in [0.2, 0.25) is 11.8 Å². The Morgan fingerprint density at radius 3 is 2.50 bits per heavy atom. The number of amides is 4. The molecule has 0 radical (unpaired) electrons. The molecule has 1 unspecified atom stereocenters. The lowest BCUT2D eigenvalue weighted by Crippen LogP contribution is -2.57. The van der Waals surface area contributed by atoms with Gasteiger partial charge in [-0.25, -0.2) is 9.18 Å². The van der Waals surface area contributed by atoms with Crippen molar-refractivity contribution in [2.45, 2.75) is 5.92 Å². The Morgan fingerprint density at radius 2 is 1.90 bits per heavy atom. The Balaban J connectivity index is 2.27. The quantitative estimate of drug-likeness (QED) is 0.821. The number of nitrogens with zero attached hydrogens (tertiary/aromatic N) is 1. The summed E-state index contributed by atoms with van der Waals surface area (Å²) in [7, 11) is 1.44. The molecule has 1 N–H and O–H groups in total. The van der Waals surface area contributed by atoms with E-state index >= 15 is 0 Å². The fourth-order valence-corrected chi connectivity index (χ4v) is 1.96. The van der Waals surface area contributed by atoms with Crippen LogP contribution in [0.4, 0.5) is 9.18 Å². The summed E-state index contributed by atoms with van der Waals surface area (Å²) in [5.74, 6) is -2.96. The first-order chi connectivity index (χ1) is 9.54. The number of ether oxygens (including phenoxy) is 1. The molecule has 1 aromatic carbocycles. The van der Waals surface area contributed by atoms with Crippen molar-refractivity contribution in [1.82, 2.24) is 10.2 Å². The summed E-state index contributed by atoms with van der Waals surface area (Å²) in [5.41, 5.74) is 0.337. The van der Waals surface area contributed by atoms with Gasteiger partial charge >= 0.3 is 6.03 Å². The number of carbonyl (C=O) groups is 3. The van der Waals surface area contributed by atoms with Crippen molar-refractivity contribution in [3.63, 3.8) is 0 Å². The number of benzene rings is 1. The van der Waals surface area contributed by atoms with Crippen LogP contribution >= 0.6 is 0 Å². The maximum Gasteiger partial charge on any atom is 0.330 e. The van der Waals surface area contributed by atoms with Gasteiger partial charge < -0.3 is 4.74 Å². The SMILES string of the molecule is COCCN1C(=O)NC(=O)C(c2ccc(F)cc2)C1=O. The standard InChI is InChI=1S/C13H13FN2O4/c1-20-7-6-16-12(18)10(11(17)15-13(16)19)8-2-4-9(14)5-3-8/h2-5,10H,6-7H2,1H3,(H,15,17,19). The zero-order chi connectivity index (χ0) is 14.7. The Labute approximate surface area is 114 Å². The lowest BCUT2D eigenvalue weighted by molar-refractivity contribution is -0.139. The average Bonchev–Trinajstić information content (AvgIpc) is 2.40. The van der Waals surface area contributed by atoms with Crippen LogP contribution in [-0.2, 0) is 14.3 Å². The lowest BCUT2D eigenvalue weighted by Gasteiger charge is -2.30. The van der Waals surface area contributed by atoms with Crippen molar-refractivity contribution in [3.8, 4) is 0 Å². The molecule has 0 spiro atoms. The summed E-state index contributed by atoms with van der Waals surface area (Å²) < 4.78 is 17.7. The minimum atomic E-state index is -1.15. The highest BCUT2D eigenvalue weighted by Crippen LogP contribution is 2.22. The van der Waals surface area contributed by atoms with Crippen molar-refractivity contribution < 1.29 is 23.5 Å². The molecule has 0 aromatic heterocycles. The maximum absolute atomic E-state index is 12.9. The molecule has 1 heterocycles. The number of imide groups is 2. The highest BCUT2D eigenvalue weighted by Gasteiger charge is 2.41. The van der Waals surface area contributed by atoms with Gasteiger partial charge in [0.05, 0.1) is 13.2 Å². The number of halogens is 1. The first-order valence-corrected chi connectivity index (χ1v) is 5.95. The number of urea groups is 1. The number of nitrogens with one attached hydrogen (secondary N) is 1. The average molecular weight is 280 g/mol. The van der Waals surface area contributed by atoms with Gasteiger partial charge in [-0.05, 0) is 17.7 Å². The molecule has 1 aliphatic heterocycles. The highest BCUT2D eigenvalue weighted by atomic mass is 19.1. The minimum Gasteiger partial charge on any atom is -0.383 e. The van der Waals surface area contributed by atoms with Gasteiger partial charge in [-0.3, -0.25) is 19.8 Å². The Hall–Kier alpha value is -2.28. The number of hydrogen-bond acceptors (Lipinski definition) is 4. The van der Waals surface area contributed by atoms with Crippen molar-refractivity contribution >= 4 is 17.8 Å². The molecular formula is C13H13FN2O4. The fourth-order valence-electron chi connectivity index (χ4n) is 1.96. The molecule has 2 rings (SSSR count). The molecule has 0 aliphatic carbocycles. The van der Waals surface area contributed by atoms with Gasteiger partial charge in [0.1, 0.15) is 11.7 Å². The predicted octanol–water partition coefficient (Wildman–Crippen LogP) is 0.634. The third kappa shape index (κ3) is 2.67. The lowest BCUT2D eigenvalue weighted by atomic mass is 9.95. The molecule has 4 amide bonds. The number of barbiturate groups is 1. The third-order valence-electron chi connectivity index (χ3n) is 2.97. The first kappa shape index (κ1) is 14.1. The van der Waals surface area contributed by atoms with E-state index in [1.54, 1.807) is 0 Å². The van der Waals surface area contributed by atoms with Crippen LogP contribution in [0.2, 0.25) is 0 Å². The normalized spacial score (nSPS) is 19.2. The number of rotatable bonds is 4. The fraction of sp³-hybridized carbons (Fsp3) is 0.308. The van der Waals surface area contributed by atoms with E-state index in [1.165, 1.54) is 19.2 Å². The van der Waals surface area contributed by atoms with Crippen molar-refractivity contribution in [2.24, 2.45) is 0 Å². The van der Waals surface area contributed by atoms with Crippen molar-refractivity contribution in [3.05, 3.63) is 35.6 Å². The van der Waals surface area contributed by atoms with E-state index in [-0.39, 0.29) is 13.2 Å². The third-order valence-corrected chi connectivity index (χ3v) is 2.97. The summed E-state index contributed by atoms with van der Waals surface area (Å²) in [6.07, 6.45) is 0. The van der Waals surface area contributed by atoms with Gasteiger partial charge in [0, 0.05) is 7.11 Å². The van der Waals surface area contributed by atoms with Crippen LogP contribution in [0.25, 0.3) is 0 Å². The van der Waals surface area contributed by atoms with Crippen LogP contribution in [0.5, 0.6) is 0 Å². The number of carbonyl (C=O) groups excluding carboxylic acids is 3. The van der Waals surface area contributed by atoms with Gasteiger partial charge in [-0.2, -0.15) is 0 Å². The summed E-state index contributed by atoms with van der Waals surface area (Å²) in [5, 5.41) is 2.11. The van der Waals surface area contributed by atoms with Crippen LogP contribution in [0.1, 0.15) is 11.5 Å². The Kier molecular flexibility index (Phi) is 4.09. The van der Waals surface area contributed by atoms with E-state index in [0.29, 0.717) is 5.56 Å². The van der Waals surface area contributed by atoms with Gasteiger partial charge in [-0.15, -0.1) is 0 Å². The molecule has 20 heavy (non-hydrogen) atoms.